The van der Waals surface area contributed by atoms with E-state index < -0.39 is 0 Å². The van der Waals surface area contributed by atoms with Crippen LogP contribution in [0.15, 0.2) is 36.4 Å². The average Bonchev–Trinajstić information content (AvgIpc) is 3.44. The van der Waals surface area contributed by atoms with E-state index in [0.717, 1.165) is 86.4 Å². The van der Waals surface area contributed by atoms with Gasteiger partial charge in [0.2, 0.25) is 5.91 Å². The van der Waals surface area contributed by atoms with Crippen molar-refractivity contribution in [3.8, 4) is 16.9 Å². The van der Waals surface area contributed by atoms with Crippen molar-refractivity contribution in [3.05, 3.63) is 53.3 Å². The number of amides is 1. The molecule has 0 radical (unpaired) electrons. The van der Waals surface area contributed by atoms with E-state index in [9.17, 15) is 18.7 Å². The van der Waals surface area contributed by atoms with Crippen LogP contribution in [0.25, 0.3) is 11.1 Å². The van der Waals surface area contributed by atoms with Gasteiger partial charge in [0.05, 0.1) is 12.5 Å². The van der Waals surface area contributed by atoms with Crippen molar-refractivity contribution >= 4 is 19.3 Å². The van der Waals surface area contributed by atoms with Crippen LogP contribution in [-0.4, -0.2) is 25.4 Å². The van der Waals surface area contributed by atoms with Crippen LogP contribution in [0.1, 0.15) is 109 Å². The van der Waals surface area contributed by atoms with Gasteiger partial charge in [-0.1, -0.05) is 45.4 Å². The van der Waals surface area contributed by atoms with Gasteiger partial charge in [-0.15, -0.1) is 0 Å². The Morgan fingerprint density at radius 3 is 2.18 bits per heavy atom. The van der Waals surface area contributed by atoms with E-state index in [1.807, 2.05) is 52.0 Å². The number of hydrogen-bond acceptors (Lipinski definition) is 4. The van der Waals surface area contributed by atoms with Gasteiger partial charge in [-0.3, -0.25) is 4.79 Å². The fraction of sp³-hybridized carbons (Fsp3) is 0.562. The molecule has 0 saturated heterocycles. The molecular formula is C32H45BFNO4. The quantitative estimate of drug-likeness (QED) is 0.276. The first-order chi connectivity index (χ1) is 18.8. The van der Waals surface area contributed by atoms with Gasteiger partial charge in [0.25, 0.3) is 0 Å². The SMILES string of the molecule is CC.CC1(B=O)CC1.CCC=O.NC(=O)Cc1ccc(OC2CCCC2)c(-c2cccc(F)c2C2CCC2)c1. The molecule has 7 heteroatoms. The molecule has 5 rings (SSSR count). The number of primary amides is 1. The summed E-state index contributed by atoms with van der Waals surface area (Å²) in [6, 6.07) is 11.0. The van der Waals surface area contributed by atoms with Crippen molar-refractivity contribution < 1.29 is 23.4 Å². The molecule has 0 aliphatic heterocycles. The molecule has 3 fully saturated rings. The molecule has 5 nitrogen and oxygen atoms in total. The summed E-state index contributed by atoms with van der Waals surface area (Å²) in [6.45, 7) is 7.80. The predicted octanol–water partition coefficient (Wildman–Crippen LogP) is 7.74. The summed E-state index contributed by atoms with van der Waals surface area (Å²) < 4.78 is 30.9. The van der Waals surface area contributed by atoms with E-state index in [2.05, 4.69) is 0 Å². The Hall–Kier alpha value is -2.83. The maximum absolute atomic E-state index is 14.7. The van der Waals surface area contributed by atoms with Crippen LogP contribution in [0.5, 0.6) is 5.75 Å². The molecule has 3 aliphatic carbocycles. The van der Waals surface area contributed by atoms with E-state index in [-0.39, 0.29) is 35.5 Å². The summed E-state index contributed by atoms with van der Waals surface area (Å²) in [5.74, 6) is 0.523. The van der Waals surface area contributed by atoms with Crippen molar-refractivity contribution in [2.24, 2.45) is 5.73 Å². The number of rotatable bonds is 8. The Morgan fingerprint density at radius 1 is 1.08 bits per heavy atom. The van der Waals surface area contributed by atoms with Crippen LogP contribution in [0.3, 0.4) is 0 Å². The van der Waals surface area contributed by atoms with E-state index in [1.54, 1.807) is 12.1 Å². The fourth-order valence-corrected chi connectivity index (χ4v) is 4.59. The van der Waals surface area contributed by atoms with E-state index in [4.69, 9.17) is 10.5 Å². The minimum Gasteiger partial charge on any atom is -0.490 e. The second-order valence-corrected chi connectivity index (χ2v) is 10.7. The third kappa shape index (κ3) is 10.0. The third-order valence-electron chi connectivity index (χ3n) is 7.36. The first-order valence-electron chi connectivity index (χ1n) is 14.6. The summed E-state index contributed by atoms with van der Waals surface area (Å²) >= 11 is 0. The summed E-state index contributed by atoms with van der Waals surface area (Å²) in [6.07, 6.45) is 11.8. The maximum atomic E-state index is 14.7. The maximum Gasteiger partial charge on any atom is 0.221 e. The summed E-state index contributed by atoms with van der Waals surface area (Å²) in [5, 5.41) is 0.111. The first-order valence-corrected chi connectivity index (χ1v) is 14.6. The van der Waals surface area contributed by atoms with Crippen LogP contribution in [0, 0.1) is 5.82 Å². The molecule has 39 heavy (non-hydrogen) atoms. The summed E-state index contributed by atoms with van der Waals surface area (Å²) in [7, 11) is 1.05. The minimum absolute atomic E-state index is 0.111. The number of nitrogens with two attached hydrogens (primary N) is 1. The van der Waals surface area contributed by atoms with Crippen LogP contribution in [0.4, 0.5) is 4.39 Å². The molecule has 2 aromatic rings. The van der Waals surface area contributed by atoms with Gasteiger partial charge in [0.15, 0.2) is 0 Å². The molecule has 3 aliphatic rings. The molecule has 0 bridgehead atoms. The average molecular weight is 538 g/mol. The Kier molecular flexibility index (Phi) is 13.6. The Labute approximate surface area is 234 Å². The van der Waals surface area contributed by atoms with Crippen LogP contribution in [0.2, 0.25) is 5.31 Å². The number of hydrogen-bond donors (Lipinski definition) is 1. The molecule has 1 amide bonds. The summed E-state index contributed by atoms with van der Waals surface area (Å²) in [5.41, 5.74) is 8.77. The zero-order valence-electron chi connectivity index (χ0n) is 24.1. The van der Waals surface area contributed by atoms with Crippen LogP contribution < -0.4 is 10.5 Å². The summed E-state index contributed by atoms with van der Waals surface area (Å²) in [4.78, 5) is 20.6. The zero-order chi connectivity index (χ0) is 28.8. The van der Waals surface area contributed by atoms with Crippen molar-refractivity contribution in [2.45, 2.75) is 116 Å². The van der Waals surface area contributed by atoms with Crippen molar-refractivity contribution in [1.29, 1.82) is 0 Å². The Morgan fingerprint density at radius 2 is 1.72 bits per heavy atom. The molecule has 0 unspecified atom stereocenters. The standard InChI is InChI=1S/C23H26FNO2.C4H7BO.C3H6O.C2H6/c24-20-10-4-9-18(23(20)16-5-3-6-16)19-13-15(14-22(25)26)11-12-21(19)27-17-7-1-2-8-17;1-4(5-6)2-3-4;1-2-3-4;1-2/h4,9-13,16-17H,1-3,5-8,14H2,(H2,25,26);2-3H2,1H3;3H,2H2,1H3;1-2H3. The second kappa shape index (κ2) is 16.3. The molecule has 2 N–H and O–H groups in total. The Balaban J connectivity index is 0.000000373. The molecule has 0 aromatic heterocycles. The monoisotopic (exact) mass is 537 g/mol. The topological polar surface area (TPSA) is 86.5 Å². The van der Waals surface area contributed by atoms with E-state index in [0.29, 0.717) is 6.42 Å². The zero-order valence-corrected chi connectivity index (χ0v) is 24.1. The third-order valence-corrected chi connectivity index (χ3v) is 7.36. The van der Waals surface area contributed by atoms with E-state index >= 15 is 0 Å². The van der Waals surface area contributed by atoms with E-state index in [1.165, 1.54) is 12.8 Å². The molecule has 0 heterocycles. The van der Waals surface area contributed by atoms with Crippen LogP contribution in [-0.2, 0) is 20.7 Å². The number of ether oxygens (including phenoxy) is 1. The number of carbonyl (C=O) groups excluding carboxylic acids is 2. The molecule has 3 saturated carbocycles. The van der Waals surface area contributed by atoms with Gasteiger partial charge in [0.1, 0.15) is 17.9 Å². The molecule has 2 aromatic carbocycles. The molecular weight excluding hydrogens is 492 g/mol. The van der Waals surface area contributed by atoms with Gasteiger partial charge in [-0.05, 0) is 79.3 Å². The van der Waals surface area contributed by atoms with Crippen molar-refractivity contribution in [3.63, 3.8) is 0 Å². The van der Waals surface area contributed by atoms with Crippen LogP contribution >= 0.6 is 0 Å². The first kappa shape index (κ1) is 32.4. The molecule has 0 atom stereocenters. The van der Waals surface area contributed by atoms with Gasteiger partial charge in [0, 0.05) is 12.0 Å². The van der Waals surface area contributed by atoms with Crippen molar-refractivity contribution in [1.82, 2.24) is 0 Å². The second-order valence-electron chi connectivity index (χ2n) is 10.7. The number of aldehydes is 1. The molecule has 0 spiro atoms. The fourth-order valence-electron chi connectivity index (χ4n) is 4.59. The van der Waals surface area contributed by atoms with Gasteiger partial charge >= 0.3 is 36.9 Å². The molecule has 212 valence electrons. The largest absolute Gasteiger partial charge is 0.490 e. The normalized spacial score (nSPS) is 16.9. The smallest absolute Gasteiger partial charge is 0.221 e. The van der Waals surface area contributed by atoms with Gasteiger partial charge in [-0.25, -0.2) is 4.39 Å². The number of halogens is 1. The predicted molar refractivity (Wildman–Crippen MR) is 156 cm³/mol. The van der Waals surface area contributed by atoms with Gasteiger partial charge < -0.3 is 15.3 Å². The Bertz CT molecular complexity index is 1080. The van der Waals surface area contributed by atoms with Gasteiger partial charge in [-0.2, -0.15) is 0 Å². The number of carbonyl (C=O) groups is 2. The minimum atomic E-state index is -0.371. The van der Waals surface area contributed by atoms with Crippen molar-refractivity contribution in [2.75, 3.05) is 0 Å². The number of benzene rings is 2.